The minimum absolute atomic E-state index is 0.257. The first-order chi connectivity index (χ1) is 12.2. The highest BCUT2D eigenvalue weighted by Crippen LogP contribution is 2.39. The van der Waals surface area contributed by atoms with E-state index in [0.29, 0.717) is 12.1 Å². The standard InChI is InChI=1S/C16H15BrN6OS/c17-11-7-25-14-12(8-3-19-15(18)20-4-8)21-16(22-13(11)14)23-9-1-2-10(23)6-24-5-9/h3-4,7,9-10H,1-2,5-6H2,(H2,18,19,20). The number of rotatable bonds is 2. The second-order valence-electron chi connectivity index (χ2n) is 6.29. The Balaban J connectivity index is 1.70. The van der Waals surface area contributed by atoms with Crippen molar-refractivity contribution in [3.63, 3.8) is 0 Å². The number of fused-ring (bicyclic) bond motifs is 3. The first-order valence-corrected chi connectivity index (χ1v) is 9.76. The van der Waals surface area contributed by atoms with Crippen molar-refractivity contribution in [1.82, 2.24) is 19.9 Å². The molecule has 2 saturated heterocycles. The van der Waals surface area contributed by atoms with Crippen molar-refractivity contribution in [3.8, 4) is 11.3 Å². The lowest BCUT2D eigenvalue weighted by molar-refractivity contribution is 0.0898. The molecule has 25 heavy (non-hydrogen) atoms. The maximum atomic E-state index is 5.69. The van der Waals surface area contributed by atoms with Crippen LogP contribution in [0.4, 0.5) is 11.9 Å². The largest absolute Gasteiger partial charge is 0.377 e. The van der Waals surface area contributed by atoms with Gasteiger partial charge in [0, 0.05) is 23.3 Å². The van der Waals surface area contributed by atoms with Gasteiger partial charge >= 0.3 is 0 Å². The molecule has 2 aliphatic rings. The highest BCUT2D eigenvalue weighted by molar-refractivity contribution is 9.10. The molecule has 0 spiro atoms. The summed E-state index contributed by atoms with van der Waals surface area (Å²) in [4.78, 5) is 20.3. The van der Waals surface area contributed by atoms with Gasteiger partial charge in [-0.1, -0.05) is 0 Å². The zero-order chi connectivity index (χ0) is 17.0. The molecule has 2 aliphatic heterocycles. The minimum Gasteiger partial charge on any atom is -0.377 e. The average Bonchev–Trinajstić information content (AvgIpc) is 3.12. The van der Waals surface area contributed by atoms with Crippen LogP contribution >= 0.6 is 27.3 Å². The Hall–Kier alpha value is -1.84. The molecule has 0 aromatic carbocycles. The lowest BCUT2D eigenvalue weighted by Gasteiger charge is -2.34. The third kappa shape index (κ3) is 2.49. The number of hydrogen-bond donors (Lipinski definition) is 1. The van der Waals surface area contributed by atoms with Crippen LogP contribution < -0.4 is 10.6 Å². The smallest absolute Gasteiger partial charge is 0.227 e. The van der Waals surface area contributed by atoms with E-state index in [1.54, 1.807) is 23.7 Å². The summed E-state index contributed by atoms with van der Waals surface area (Å²) in [5, 5.41) is 2.04. The van der Waals surface area contributed by atoms with E-state index in [9.17, 15) is 0 Å². The maximum absolute atomic E-state index is 5.69. The van der Waals surface area contributed by atoms with Crippen molar-refractivity contribution >= 4 is 49.4 Å². The summed E-state index contributed by atoms with van der Waals surface area (Å²) in [6, 6.07) is 0.702. The number of thiophene rings is 1. The van der Waals surface area contributed by atoms with E-state index in [4.69, 9.17) is 20.4 Å². The number of nitrogen functional groups attached to an aromatic ring is 1. The lowest BCUT2D eigenvalue weighted by atomic mass is 10.2. The van der Waals surface area contributed by atoms with E-state index >= 15 is 0 Å². The molecule has 0 amide bonds. The maximum Gasteiger partial charge on any atom is 0.227 e. The number of hydrogen-bond acceptors (Lipinski definition) is 8. The average molecular weight is 419 g/mol. The molecule has 2 fully saturated rings. The third-order valence-electron chi connectivity index (χ3n) is 4.78. The van der Waals surface area contributed by atoms with E-state index in [2.05, 4.69) is 30.8 Å². The van der Waals surface area contributed by atoms with Crippen molar-refractivity contribution in [2.75, 3.05) is 23.8 Å². The minimum atomic E-state index is 0.257. The van der Waals surface area contributed by atoms with Crippen molar-refractivity contribution in [1.29, 1.82) is 0 Å². The number of halogens is 1. The number of morpholine rings is 1. The normalized spacial score (nSPS) is 22.7. The molecule has 5 rings (SSSR count). The van der Waals surface area contributed by atoms with Crippen LogP contribution in [0.15, 0.2) is 22.2 Å². The van der Waals surface area contributed by atoms with Crippen LogP contribution in [0.1, 0.15) is 12.8 Å². The Kier molecular flexibility index (Phi) is 3.61. The number of aromatic nitrogens is 4. The molecule has 0 radical (unpaired) electrons. The molecule has 7 nitrogen and oxygen atoms in total. The molecule has 2 bridgehead atoms. The molecule has 0 aliphatic carbocycles. The van der Waals surface area contributed by atoms with Gasteiger partial charge in [0.05, 0.1) is 40.2 Å². The van der Waals surface area contributed by atoms with Gasteiger partial charge in [0.15, 0.2) is 0 Å². The predicted molar refractivity (Wildman–Crippen MR) is 101 cm³/mol. The van der Waals surface area contributed by atoms with Crippen LogP contribution in [0.2, 0.25) is 0 Å². The fraction of sp³-hybridized carbons (Fsp3) is 0.375. The number of anilines is 2. The third-order valence-corrected chi connectivity index (χ3v) is 6.66. The zero-order valence-corrected chi connectivity index (χ0v) is 15.6. The van der Waals surface area contributed by atoms with Crippen LogP contribution in [0.25, 0.3) is 21.5 Å². The first kappa shape index (κ1) is 15.4. The van der Waals surface area contributed by atoms with Gasteiger partial charge in [-0.05, 0) is 28.8 Å². The number of nitrogens with two attached hydrogens (primary N) is 1. The van der Waals surface area contributed by atoms with Crippen LogP contribution in [0.5, 0.6) is 0 Å². The molecule has 3 aromatic heterocycles. The summed E-state index contributed by atoms with van der Waals surface area (Å²) in [5.74, 6) is 1.02. The van der Waals surface area contributed by atoms with E-state index in [1.165, 1.54) is 0 Å². The highest BCUT2D eigenvalue weighted by Gasteiger charge is 2.39. The molecule has 128 valence electrons. The van der Waals surface area contributed by atoms with Gasteiger partial charge < -0.3 is 15.4 Å². The van der Waals surface area contributed by atoms with E-state index in [-0.39, 0.29) is 5.95 Å². The zero-order valence-electron chi connectivity index (χ0n) is 13.2. The Morgan fingerprint density at radius 3 is 2.60 bits per heavy atom. The lowest BCUT2D eigenvalue weighted by Crippen LogP contribution is -2.46. The van der Waals surface area contributed by atoms with E-state index < -0.39 is 0 Å². The Labute approximate surface area is 156 Å². The van der Waals surface area contributed by atoms with Gasteiger partial charge in [0.2, 0.25) is 11.9 Å². The van der Waals surface area contributed by atoms with Crippen molar-refractivity contribution in [3.05, 3.63) is 22.2 Å². The monoisotopic (exact) mass is 418 g/mol. The van der Waals surface area contributed by atoms with Crippen molar-refractivity contribution in [2.24, 2.45) is 0 Å². The molecular formula is C16H15BrN6OS. The molecule has 2 atom stereocenters. The van der Waals surface area contributed by atoms with Crippen LogP contribution in [-0.4, -0.2) is 45.2 Å². The summed E-state index contributed by atoms with van der Waals surface area (Å²) in [6.07, 6.45) is 5.68. The van der Waals surface area contributed by atoms with Gasteiger partial charge in [-0.3, -0.25) is 0 Å². The summed E-state index contributed by atoms with van der Waals surface area (Å²) in [5.41, 5.74) is 8.25. The Morgan fingerprint density at radius 2 is 1.88 bits per heavy atom. The molecule has 2 unspecified atom stereocenters. The summed E-state index contributed by atoms with van der Waals surface area (Å²) in [7, 11) is 0. The fourth-order valence-electron chi connectivity index (χ4n) is 3.61. The van der Waals surface area contributed by atoms with Gasteiger partial charge in [-0.15, -0.1) is 11.3 Å². The summed E-state index contributed by atoms with van der Waals surface area (Å²) in [6.45, 7) is 1.48. The topological polar surface area (TPSA) is 90.0 Å². The molecule has 9 heteroatoms. The first-order valence-electron chi connectivity index (χ1n) is 8.09. The SMILES string of the molecule is Nc1ncc(-c2nc(N3C4CCC3COC4)nc3c(Br)csc23)cn1. The van der Waals surface area contributed by atoms with Crippen molar-refractivity contribution in [2.45, 2.75) is 24.9 Å². The van der Waals surface area contributed by atoms with Gasteiger partial charge in [0.25, 0.3) is 0 Å². The Morgan fingerprint density at radius 1 is 1.16 bits per heavy atom. The second kappa shape index (κ2) is 5.86. The molecule has 5 heterocycles. The van der Waals surface area contributed by atoms with Gasteiger partial charge in [0.1, 0.15) is 5.52 Å². The van der Waals surface area contributed by atoms with Crippen LogP contribution in [0.3, 0.4) is 0 Å². The van der Waals surface area contributed by atoms with Gasteiger partial charge in [-0.25, -0.2) is 19.9 Å². The van der Waals surface area contributed by atoms with Crippen LogP contribution in [-0.2, 0) is 4.74 Å². The van der Waals surface area contributed by atoms with E-state index in [1.807, 2.05) is 5.38 Å². The number of ether oxygens (including phenoxy) is 1. The summed E-state index contributed by atoms with van der Waals surface area (Å²) >= 11 is 5.23. The molecule has 2 N–H and O–H groups in total. The van der Waals surface area contributed by atoms with Crippen LogP contribution in [0, 0.1) is 0 Å². The van der Waals surface area contributed by atoms with Crippen molar-refractivity contribution < 1.29 is 4.74 Å². The predicted octanol–water partition coefficient (Wildman–Crippen LogP) is 2.86. The number of nitrogens with zero attached hydrogens (tertiary/aromatic N) is 5. The summed E-state index contributed by atoms with van der Waals surface area (Å²) < 4.78 is 7.69. The molecule has 3 aromatic rings. The quantitative estimate of drug-likeness (QED) is 0.683. The Bertz CT molecular complexity index is 930. The van der Waals surface area contributed by atoms with Gasteiger partial charge in [-0.2, -0.15) is 0 Å². The van der Waals surface area contributed by atoms with E-state index in [0.717, 1.165) is 58.0 Å². The fourth-order valence-corrected chi connectivity index (χ4v) is 5.18. The second-order valence-corrected chi connectivity index (χ2v) is 8.03. The molecular weight excluding hydrogens is 404 g/mol. The highest BCUT2D eigenvalue weighted by atomic mass is 79.9. The molecule has 0 saturated carbocycles.